The smallest absolute Gasteiger partial charge is 0.253 e. The lowest BCUT2D eigenvalue weighted by molar-refractivity contribution is -0.111. The van der Waals surface area contributed by atoms with Gasteiger partial charge in [0.05, 0.1) is 5.69 Å². The molecule has 4 nitrogen and oxygen atoms in total. The largest absolute Gasteiger partial charge is 0.354 e. The summed E-state index contributed by atoms with van der Waals surface area (Å²) in [6, 6.07) is 24.5. The van der Waals surface area contributed by atoms with Gasteiger partial charge in [0.15, 0.2) is 5.78 Å². The molecule has 4 aromatic rings. The van der Waals surface area contributed by atoms with E-state index in [1.807, 2.05) is 66.4 Å². The molecule has 0 saturated carbocycles. The third kappa shape index (κ3) is 5.70. The van der Waals surface area contributed by atoms with E-state index in [1.165, 1.54) is 0 Å². The number of Topliss-reactive ketones (excluding diaryl/α,β-unsaturated/α-hetero) is 1. The highest BCUT2D eigenvalue weighted by Crippen LogP contribution is 2.38. The van der Waals surface area contributed by atoms with E-state index < -0.39 is 0 Å². The topological polar surface area (TPSA) is 53.2 Å². The van der Waals surface area contributed by atoms with Crippen LogP contribution in [0.2, 0.25) is 0 Å². The van der Waals surface area contributed by atoms with Crippen LogP contribution in [0.5, 0.6) is 0 Å². The molecule has 0 fully saturated rings. The van der Waals surface area contributed by atoms with Crippen LogP contribution in [0.1, 0.15) is 56.6 Å². The number of allylic oxidation sites excluding steroid dienone is 4. The van der Waals surface area contributed by atoms with Gasteiger partial charge in [-0.15, -0.1) is 0 Å². The molecule has 0 aliphatic rings. The molecule has 0 atom stereocenters. The standard InChI is InChI=1S/C34H36N2O2/c1-5-8-14-29(24(4)37)33-32(27-17-15-26(16-18-27)25-12-10-9-11-13-25)30-23-28(19-20-31(30)35-33)34(38)36(21-6-2)22-7-3/h5,8-20,23,35H,6-7,21-22H2,1-4H3/b8-5-,29-14+. The van der Waals surface area contributed by atoms with Crippen LogP contribution >= 0.6 is 0 Å². The normalized spacial score (nSPS) is 11.8. The number of hydrogen-bond donors (Lipinski definition) is 1. The number of carbonyl (C=O) groups excluding carboxylic acids is 2. The molecule has 38 heavy (non-hydrogen) atoms. The van der Waals surface area contributed by atoms with Gasteiger partial charge in [0, 0.05) is 40.7 Å². The van der Waals surface area contributed by atoms with Gasteiger partial charge in [0.2, 0.25) is 0 Å². The Bertz CT molecular complexity index is 1470. The first-order valence-corrected chi connectivity index (χ1v) is 13.4. The Morgan fingerprint density at radius 3 is 2.08 bits per heavy atom. The van der Waals surface area contributed by atoms with Crippen LogP contribution in [-0.2, 0) is 4.79 Å². The third-order valence-corrected chi connectivity index (χ3v) is 6.70. The van der Waals surface area contributed by atoms with Crippen LogP contribution in [0, 0.1) is 0 Å². The summed E-state index contributed by atoms with van der Waals surface area (Å²) in [5, 5.41) is 0.930. The van der Waals surface area contributed by atoms with Crippen molar-refractivity contribution in [1.82, 2.24) is 9.88 Å². The van der Waals surface area contributed by atoms with Crippen molar-refractivity contribution in [3.63, 3.8) is 0 Å². The molecule has 1 N–H and O–H groups in total. The number of ketones is 1. The number of hydrogen-bond acceptors (Lipinski definition) is 2. The van der Waals surface area contributed by atoms with Crippen molar-refractivity contribution in [2.24, 2.45) is 0 Å². The van der Waals surface area contributed by atoms with Gasteiger partial charge in [-0.2, -0.15) is 0 Å². The predicted octanol–water partition coefficient (Wildman–Crippen LogP) is 8.31. The minimum absolute atomic E-state index is 0.0230. The van der Waals surface area contributed by atoms with Crippen molar-refractivity contribution in [3.05, 3.63) is 102 Å². The molecule has 4 heteroatoms. The first kappa shape index (κ1) is 26.9. The number of benzene rings is 3. The van der Waals surface area contributed by atoms with Crippen LogP contribution in [0.3, 0.4) is 0 Å². The minimum atomic E-state index is -0.0230. The molecule has 1 aromatic heterocycles. The summed E-state index contributed by atoms with van der Waals surface area (Å²) >= 11 is 0. The van der Waals surface area contributed by atoms with Gasteiger partial charge in [-0.1, -0.05) is 80.6 Å². The molecular formula is C34H36N2O2. The van der Waals surface area contributed by atoms with Crippen LogP contribution < -0.4 is 0 Å². The number of nitrogens with zero attached hydrogens (tertiary/aromatic N) is 1. The van der Waals surface area contributed by atoms with Gasteiger partial charge in [-0.3, -0.25) is 9.59 Å². The molecule has 3 aromatic carbocycles. The van der Waals surface area contributed by atoms with Crippen molar-refractivity contribution < 1.29 is 9.59 Å². The van der Waals surface area contributed by atoms with E-state index in [0.29, 0.717) is 11.1 Å². The highest BCUT2D eigenvalue weighted by Gasteiger charge is 2.21. The molecule has 0 unspecified atom stereocenters. The zero-order valence-corrected chi connectivity index (χ0v) is 22.8. The lowest BCUT2D eigenvalue weighted by atomic mass is 9.94. The first-order valence-electron chi connectivity index (χ1n) is 13.4. The number of fused-ring (bicyclic) bond motifs is 1. The fourth-order valence-electron chi connectivity index (χ4n) is 4.89. The monoisotopic (exact) mass is 504 g/mol. The van der Waals surface area contributed by atoms with Gasteiger partial charge >= 0.3 is 0 Å². The minimum Gasteiger partial charge on any atom is -0.354 e. The Balaban J connectivity index is 1.90. The molecule has 0 aliphatic carbocycles. The molecule has 1 amide bonds. The van der Waals surface area contributed by atoms with E-state index in [2.05, 4.69) is 55.2 Å². The fraction of sp³-hybridized carbons (Fsp3) is 0.235. The van der Waals surface area contributed by atoms with Crippen LogP contribution in [0.4, 0.5) is 0 Å². The average Bonchev–Trinajstić information content (AvgIpc) is 3.31. The predicted molar refractivity (Wildman–Crippen MR) is 159 cm³/mol. The van der Waals surface area contributed by atoms with E-state index in [1.54, 1.807) is 6.92 Å². The van der Waals surface area contributed by atoms with Crippen LogP contribution in [0.15, 0.2) is 91.0 Å². The summed E-state index contributed by atoms with van der Waals surface area (Å²) in [6.07, 6.45) is 7.47. The molecular weight excluding hydrogens is 468 g/mol. The van der Waals surface area contributed by atoms with Gasteiger partial charge in [-0.25, -0.2) is 0 Å². The zero-order valence-electron chi connectivity index (χ0n) is 22.8. The van der Waals surface area contributed by atoms with Crippen LogP contribution in [-0.4, -0.2) is 34.7 Å². The molecule has 0 saturated heterocycles. The molecule has 1 heterocycles. The number of aromatic amines is 1. The van der Waals surface area contributed by atoms with Gasteiger partial charge in [-0.05, 0) is 67.7 Å². The van der Waals surface area contributed by atoms with E-state index in [4.69, 9.17) is 0 Å². The molecule has 0 spiro atoms. The van der Waals surface area contributed by atoms with E-state index >= 15 is 0 Å². The Kier molecular flexibility index (Phi) is 8.75. The summed E-state index contributed by atoms with van der Waals surface area (Å²) in [7, 11) is 0. The summed E-state index contributed by atoms with van der Waals surface area (Å²) in [6.45, 7) is 9.17. The lowest BCUT2D eigenvalue weighted by Gasteiger charge is -2.21. The maximum atomic E-state index is 13.4. The highest BCUT2D eigenvalue weighted by molar-refractivity contribution is 6.23. The second kappa shape index (κ2) is 12.4. The fourth-order valence-corrected chi connectivity index (χ4v) is 4.89. The summed E-state index contributed by atoms with van der Waals surface area (Å²) in [4.78, 5) is 31.6. The summed E-state index contributed by atoms with van der Waals surface area (Å²) < 4.78 is 0. The second-order valence-corrected chi connectivity index (χ2v) is 9.53. The number of nitrogens with one attached hydrogen (secondary N) is 1. The Morgan fingerprint density at radius 1 is 0.842 bits per heavy atom. The van der Waals surface area contributed by atoms with E-state index in [-0.39, 0.29) is 11.7 Å². The van der Waals surface area contributed by atoms with Crippen molar-refractivity contribution in [3.8, 4) is 22.3 Å². The van der Waals surface area contributed by atoms with Crippen molar-refractivity contribution >= 4 is 28.2 Å². The number of rotatable bonds is 10. The van der Waals surface area contributed by atoms with Crippen molar-refractivity contribution in [1.29, 1.82) is 0 Å². The summed E-state index contributed by atoms with van der Waals surface area (Å²) in [5.41, 5.74) is 7.11. The van der Waals surface area contributed by atoms with Gasteiger partial charge in [0.1, 0.15) is 0 Å². The lowest BCUT2D eigenvalue weighted by Crippen LogP contribution is -2.32. The van der Waals surface area contributed by atoms with Crippen molar-refractivity contribution in [2.45, 2.75) is 40.5 Å². The highest BCUT2D eigenvalue weighted by atomic mass is 16.2. The quantitative estimate of drug-likeness (QED) is 0.174. The maximum Gasteiger partial charge on any atom is 0.253 e. The Labute approximate surface area is 225 Å². The van der Waals surface area contributed by atoms with Crippen LogP contribution in [0.25, 0.3) is 38.7 Å². The Hall–Kier alpha value is -4.18. The maximum absolute atomic E-state index is 13.4. The second-order valence-electron chi connectivity index (χ2n) is 9.53. The molecule has 4 rings (SSSR count). The number of carbonyl (C=O) groups is 2. The molecule has 194 valence electrons. The Morgan fingerprint density at radius 2 is 1.47 bits per heavy atom. The van der Waals surface area contributed by atoms with Gasteiger partial charge in [0.25, 0.3) is 5.91 Å². The first-order chi connectivity index (χ1) is 18.5. The number of H-pyrrole nitrogens is 1. The molecule has 0 radical (unpaired) electrons. The SMILES string of the molecule is C/C=C\C=C(/C(C)=O)c1[nH]c2ccc(C(=O)N(CCC)CCC)cc2c1-c1ccc(-c2ccccc2)cc1. The third-order valence-electron chi connectivity index (χ3n) is 6.70. The summed E-state index contributed by atoms with van der Waals surface area (Å²) in [5.74, 6) is 0.0187. The number of aromatic nitrogens is 1. The molecule has 0 aliphatic heterocycles. The van der Waals surface area contributed by atoms with E-state index in [0.717, 1.165) is 64.8 Å². The van der Waals surface area contributed by atoms with Gasteiger partial charge < -0.3 is 9.88 Å². The average molecular weight is 505 g/mol. The van der Waals surface area contributed by atoms with Crippen molar-refractivity contribution in [2.75, 3.05) is 13.1 Å². The molecule has 0 bridgehead atoms. The number of amides is 1. The zero-order chi connectivity index (χ0) is 27.1. The van der Waals surface area contributed by atoms with E-state index in [9.17, 15) is 9.59 Å².